The molecule has 0 unspecified atom stereocenters. The van der Waals surface area contributed by atoms with Crippen LogP contribution in [0.1, 0.15) is 87.7 Å². The molecule has 0 amide bonds. The molecule has 8 fully saturated rings. The number of hydrogen-bond donors (Lipinski definition) is 0. The highest BCUT2D eigenvalue weighted by Crippen LogP contribution is 2.61. The molecule has 0 saturated heterocycles. The second kappa shape index (κ2) is 8.62. The Morgan fingerprint density at radius 3 is 1.51 bits per heavy atom. The maximum atomic E-state index is 6.47. The van der Waals surface area contributed by atoms with Gasteiger partial charge in [0, 0.05) is 11.1 Å². The van der Waals surface area contributed by atoms with Gasteiger partial charge in [-0.25, -0.2) is 4.98 Å². The lowest BCUT2D eigenvalue weighted by atomic mass is 9.48. The topological polar surface area (TPSA) is 38.7 Å². The van der Waals surface area contributed by atoms with E-state index >= 15 is 0 Å². The highest BCUT2D eigenvalue weighted by atomic mass is 35.5. The minimum atomic E-state index is 0.269. The first-order valence-corrected chi connectivity index (χ1v) is 16.1. The molecule has 3 nitrogen and oxygen atoms in total. The van der Waals surface area contributed by atoms with Crippen LogP contribution in [0, 0.1) is 41.4 Å². The molecule has 0 N–H and O–H groups in total. The summed E-state index contributed by atoms with van der Waals surface area (Å²) >= 11 is 6.47. The molecule has 4 heteroatoms. The smallest absolute Gasteiger partial charge is 0.208 e. The van der Waals surface area contributed by atoms with E-state index in [1.807, 2.05) is 0 Å². The van der Waals surface area contributed by atoms with Gasteiger partial charge >= 0.3 is 0 Å². The fraction of sp³-hybridized carbons (Fsp3) is 0.571. The first-order valence-electron chi connectivity index (χ1n) is 15.7. The van der Waals surface area contributed by atoms with Gasteiger partial charge in [-0.15, -0.1) is 0 Å². The molecule has 0 spiro atoms. The Kier molecular flexibility index (Phi) is 5.18. The van der Waals surface area contributed by atoms with Crippen molar-refractivity contribution < 1.29 is 0 Å². The van der Waals surface area contributed by atoms with E-state index in [1.165, 1.54) is 81.8 Å². The van der Waals surface area contributed by atoms with Gasteiger partial charge in [0.25, 0.3) is 0 Å². The minimum Gasteiger partial charge on any atom is -0.208 e. The van der Waals surface area contributed by atoms with E-state index < -0.39 is 0 Å². The Hall–Kier alpha value is -2.26. The molecule has 0 aliphatic heterocycles. The number of rotatable bonds is 4. The van der Waals surface area contributed by atoms with Crippen LogP contribution in [0.4, 0.5) is 0 Å². The van der Waals surface area contributed by atoms with Crippen LogP contribution in [0.25, 0.3) is 22.8 Å². The molecule has 11 rings (SSSR count). The third kappa shape index (κ3) is 3.85. The summed E-state index contributed by atoms with van der Waals surface area (Å²) < 4.78 is 0. The predicted octanol–water partition coefficient (Wildman–Crippen LogP) is 8.87. The van der Waals surface area contributed by atoms with Gasteiger partial charge in [0.05, 0.1) is 0 Å². The van der Waals surface area contributed by atoms with Gasteiger partial charge in [-0.1, -0.05) is 48.5 Å². The van der Waals surface area contributed by atoms with Gasteiger partial charge in [-0.05, 0) is 146 Å². The fourth-order valence-electron chi connectivity index (χ4n) is 11.4. The molecule has 200 valence electrons. The average molecular weight is 536 g/mol. The zero-order valence-electron chi connectivity index (χ0n) is 22.7. The van der Waals surface area contributed by atoms with E-state index in [0.717, 1.165) is 58.5 Å². The van der Waals surface area contributed by atoms with Gasteiger partial charge in [0.1, 0.15) is 0 Å². The summed E-state index contributed by atoms with van der Waals surface area (Å²) in [7, 11) is 0. The van der Waals surface area contributed by atoms with Crippen LogP contribution in [-0.2, 0) is 5.41 Å². The van der Waals surface area contributed by atoms with Crippen molar-refractivity contribution in [2.75, 3.05) is 0 Å². The minimum absolute atomic E-state index is 0.269. The third-order valence-electron chi connectivity index (χ3n) is 12.2. The molecular formula is C35H38ClN3. The number of nitrogens with zero attached hydrogens (tertiary/aromatic N) is 3. The number of hydrogen-bond acceptors (Lipinski definition) is 3. The lowest BCUT2D eigenvalue weighted by Crippen LogP contribution is -2.48. The molecule has 0 atom stereocenters. The van der Waals surface area contributed by atoms with Crippen molar-refractivity contribution in [2.45, 2.75) is 82.0 Å². The highest BCUT2D eigenvalue weighted by molar-refractivity contribution is 6.28. The van der Waals surface area contributed by atoms with Crippen molar-refractivity contribution in [1.82, 2.24) is 15.0 Å². The molecular weight excluding hydrogens is 498 g/mol. The Morgan fingerprint density at radius 2 is 1.00 bits per heavy atom. The average Bonchev–Trinajstić information content (AvgIpc) is 2.92. The molecule has 8 bridgehead atoms. The van der Waals surface area contributed by atoms with E-state index in [0.29, 0.717) is 17.1 Å². The van der Waals surface area contributed by atoms with Gasteiger partial charge in [-0.2, -0.15) is 9.97 Å². The van der Waals surface area contributed by atoms with E-state index in [9.17, 15) is 0 Å². The van der Waals surface area contributed by atoms with Crippen LogP contribution in [0.15, 0.2) is 48.5 Å². The lowest BCUT2D eigenvalue weighted by Gasteiger charge is -2.57. The maximum Gasteiger partial charge on any atom is 0.226 e. The van der Waals surface area contributed by atoms with Crippen LogP contribution >= 0.6 is 11.6 Å². The van der Waals surface area contributed by atoms with E-state index in [-0.39, 0.29) is 5.28 Å². The Balaban J connectivity index is 0.980. The maximum absolute atomic E-state index is 6.47. The highest BCUT2D eigenvalue weighted by Gasteiger charge is 2.51. The lowest BCUT2D eigenvalue weighted by molar-refractivity contribution is -0.00518. The van der Waals surface area contributed by atoms with Crippen LogP contribution < -0.4 is 0 Å². The normalized spacial score (nSPS) is 39.4. The summed E-state index contributed by atoms with van der Waals surface area (Å²) in [6.45, 7) is 0. The molecule has 0 radical (unpaired) electrons. The monoisotopic (exact) mass is 535 g/mol. The van der Waals surface area contributed by atoms with Crippen molar-refractivity contribution in [2.24, 2.45) is 41.4 Å². The summed E-state index contributed by atoms with van der Waals surface area (Å²) in [5.74, 6) is 8.77. The summed E-state index contributed by atoms with van der Waals surface area (Å²) in [6.07, 6.45) is 15.9. The number of aromatic nitrogens is 3. The van der Waals surface area contributed by atoms with Crippen molar-refractivity contribution in [3.05, 3.63) is 64.9 Å². The fourth-order valence-corrected chi connectivity index (χ4v) is 11.5. The predicted molar refractivity (Wildman–Crippen MR) is 155 cm³/mol. The van der Waals surface area contributed by atoms with Crippen molar-refractivity contribution in [1.29, 1.82) is 0 Å². The van der Waals surface area contributed by atoms with Crippen molar-refractivity contribution in [3.63, 3.8) is 0 Å². The quantitative estimate of drug-likeness (QED) is 0.335. The van der Waals surface area contributed by atoms with Crippen molar-refractivity contribution in [3.8, 4) is 22.8 Å². The number of halogens is 1. The van der Waals surface area contributed by atoms with Gasteiger partial charge < -0.3 is 0 Å². The molecule has 1 heterocycles. The summed E-state index contributed by atoms with van der Waals surface area (Å²) in [5.41, 5.74) is 5.52. The van der Waals surface area contributed by atoms with Gasteiger partial charge in [0.2, 0.25) is 5.28 Å². The Morgan fingerprint density at radius 1 is 0.538 bits per heavy atom. The second-order valence-corrected chi connectivity index (χ2v) is 14.9. The SMILES string of the molecule is Clc1nc(-c2ccc(C3C4CC5CC(C4)CC3C5)cc2)nc(-c2ccc(C34CC5CC(CC(C5)C3)C4)cc2)n1. The van der Waals surface area contributed by atoms with E-state index in [4.69, 9.17) is 16.6 Å². The molecule has 8 aliphatic carbocycles. The van der Waals surface area contributed by atoms with E-state index in [1.54, 1.807) is 0 Å². The van der Waals surface area contributed by atoms with Gasteiger partial charge in [0.15, 0.2) is 11.6 Å². The molecule has 39 heavy (non-hydrogen) atoms. The Bertz CT molecular complexity index is 1350. The largest absolute Gasteiger partial charge is 0.226 e. The van der Waals surface area contributed by atoms with Crippen LogP contribution in [0.2, 0.25) is 5.28 Å². The summed E-state index contributed by atoms with van der Waals surface area (Å²) in [4.78, 5) is 14.0. The molecule has 8 aliphatic rings. The van der Waals surface area contributed by atoms with E-state index in [2.05, 4.69) is 58.5 Å². The molecule has 8 saturated carbocycles. The zero-order chi connectivity index (χ0) is 25.7. The Labute approximate surface area is 237 Å². The number of benzene rings is 2. The van der Waals surface area contributed by atoms with Crippen LogP contribution in [-0.4, -0.2) is 15.0 Å². The molecule has 1 aromatic heterocycles. The van der Waals surface area contributed by atoms with Crippen molar-refractivity contribution >= 4 is 11.6 Å². The molecule has 2 aromatic carbocycles. The summed E-state index contributed by atoms with van der Waals surface area (Å²) in [6, 6.07) is 18.3. The first-order chi connectivity index (χ1) is 19.1. The molecule has 3 aromatic rings. The second-order valence-electron chi connectivity index (χ2n) is 14.6. The first kappa shape index (κ1) is 23.4. The third-order valence-corrected chi connectivity index (χ3v) is 12.4. The van der Waals surface area contributed by atoms with Crippen LogP contribution in [0.3, 0.4) is 0 Å². The standard InChI is InChI=1S/C35H38ClN3/c36-34-38-32(26-3-1-25(2-4-26)31-28-13-20-9-21(15-28)16-29(31)14-20)37-33(39-34)27-5-7-30(8-6-27)35-17-22-10-23(18-35)12-24(11-22)19-35/h1-8,20-24,28-29,31H,9-19H2. The van der Waals surface area contributed by atoms with Gasteiger partial charge in [-0.3, -0.25) is 0 Å². The van der Waals surface area contributed by atoms with Crippen LogP contribution in [0.5, 0.6) is 0 Å². The zero-order valence-corrected chi connectivity index (χ0v) is 23.5. The summed E-state index contributed by atoms with van der Waals surface area (Å²) in [5, 5.41) is 0.269.